The Balaban J connectivity index is 2.21. The van der Waals surface area contributed by atoms with Gasteiger partial charge in [0.2, 0.25) is 5.91 Å². The van der Waals surface area contributed by atoms with Gasteiger partial charge in [0.1, 0.15) is 0 Å². The minimum absolute atomic E-state index is 0.0919. The summed E-state index contributed by atoms with van der Waals surface area (Å²) in [4.78, 5) is 15.1. The molecule has 1 aliphatic heterocycles. The fourth-order valence-corrected chi connectivity index (χ4v) is 1.50. The molecule has 1 amide bonds. The zero-order chi connectivity index (χ0) is 9.26. The fraction of sp³-hybridized carbons (Fsp3) is 0.333. The van der Waals surface area contributed by atoms with Crippen LogP contribution in [0.5, 0.6) is 0 Å². The second-order valence-corrected chi connectivity index (χ2v) is 3.22. The van der Waals surface area contributed by atoms with Crippen LogP contribution in [0.1, 0.15) is 18.0 Å². The van der Waals surface area contributed by atoms with Crippen molar-refractivity contribution >= 4 is 11.6 Å². The summed E-state index contributed by atoms with van der Waals surface area (Å²) >= 11 is 0. The van der Waals surface area contributed by atoms with E-state index < -0.39 is 0 Å². The highest BCUT2D eigenvalue weighted by Gasteiger charge is 2.23. The van der Waals surface area contributed by atoms with Gasteiger partial charge < -0.3 is 11.1 Å². The zero-order valence-corrected chi connectivity index (χ0v) is 7.16. The second-order valence-electron chi connectivity index (χ2n) is 3.22. The number of nitrogens with two attached hydrogens (primary N) is 1. The number of nitrogens with zero attached hydrogens (tertiary/aromatic N) is 1. The third-order valence-electron chi connectivity index (χ3n) is 2.20. The number of pyridine rings is 1. The minimum Gasteiger partial charge on any atom is -0.399 e. The summed E-state index contributed by atoms with van der Waals surface area (Å²) in [7, 11) is 0. The van der Waals surface area contributed by atoms with Crippen LogP contribution in [0.3, 0.4) is 0 Å². The van der Waals surface area contributed by atoms with Gasteiger partial charge in [-0.3, -0.25) is 9.78 Å². The lowest BCUT2D eigenvalue weighted by Gasteiger charge is -2.06. The van der Waals surface area contributed by atoms with Crippen molar-refractivity contribution in [3.8, 4) is 0 Å². The van der Waals surface area contributed by atoms with Gasteiger partial charge >= 0.3 is 0 Å². The molecular weight excluding hydrogens is 166 g/mol. The van der Waals surface area contributed by atoms with Crippen LogP contribution in [0.2, 0.25) is 0 Å². The predicted molar refractivity (Wildman–Crippen MR) is 49.0 cm³/mol. The van der Waals surface area contributed by atoms with E-state index in [-0.39, 0.29) is 11.8 Å². The van der Waals surface area contributed by atoms with Crippen LogP contribution < -0.4 is 11.1 Å². The van der Waals surface area contributed by atoms with Crippen molar-refractivity contribution in [1.82, 2.24) is 10.3 Å². The third kappa shape index (κ3) is 1.61. The molecule has 68 valence electrons. The molecule has 4 nitrogen and oxygen atoms in total. The molecule has 13 heavy (non-hydrogen) atoms. The maximum atomic E-state index is 10.9. The van der Waals surface area contributed by atoms with Crippen molar-refractivity contribution in [2.75, 3.05) is 12.3 Å². The van der Waals surface area contributed by atoms with E-state index in [1.807, 2.05) is 6.07 Å². The highest BCUT2D eigenvalue weighted by atomic mass is 16.1. The van der Waals surface area contributed by atoms with E-state index in [0.29, 0.717) is 18.7 Å². The van der Waals surface area contributed by atoms with Gasteiger partial charge in [0.05, 0.1) is 0 Å². The van der Waals surface area contributed by atoms with Gasteiger partial charge in [0, 0.05) is 36.5 Å². The average molecular weight is 177 g/mol. The van der Waals surface area contributed by atoms with E-state index in [2.05, 4.69) is 10.3 Å². The van der Waals surface area contributed by atoms with Gasteiger partial charge in [-0.1, -0.05) is 0 Å². The monoisotopic (exact) mass is 177 g/mol. The first-order chi connectivity index (χ1) is 6.25. The molecule has 1 aromatic heterocycles. The lowest BCUT2D eigenvalue weighted by atomic mass is 10.0. The topological polar surface area (TPSA) is 68.0 Å². The van der Waals surface area contributed by atoms with Gasteiger partial charge in [0.15, 0.2) is 0 Å². The van der Waals surface area contributed by atoms with Crippen LogP contribution in [0.4, 0.5) is 5.69 Å². The van der Waals surface area contributed by atoms with Crippen LogP contribution in [-0.4, -0.2) is 17.4 Å². The molecule has 1 fully saturated rings. The molecule has 2 heterocycles. The maximum absolute atomic E-state index is 10.9. The molecule has 4 heteroatoms. The molecule has 1 aromatic rings. The number of anilines is 1. The van der Waals surface area contributed by atoms with E-state index >= 15 is 0 Å². The van der Waals surface area contributed by atoms with Crippen LogP contribution in [-0.2, 0) is 4.79 Å². The molecule has 0 aliphatic carbocycles. The molecule has 0 radical (unpaired) electrons. The number of hydrogen-bond acceptors (Lipinski definition) is 3. The molecule has 2 rings (SSSR count). The third-order valence-corrected chi connectivity index (χ3v) is 2.20. The van der Waals surface area contributed by atoms with E-state index in [4.69, 9.17) is 5.73 Å². The van der Waals surface area contributed by atoms with E-state index in [9.17, 15) is 4.79 Å². The zero-order valence-electron chi connectivity index (χ0n) is 7.16. The Kier molecular flexibility index (Phi) is 1.88. The van der Waals surface area contributed by atoms with Crippen molar-refractivity contribution in [2.45, 2.75) is 12.3 Å². The molecule has 1 aliphatic rings. The quantitative estimate of drug-likeness (QED) is 0.646. The highest BCUT2D eigenvalue weighted by Crippen LogP contribution is 2.21. The lowest BCUT2D eigenvalue weighted by molar-refractivity contribution is -0.119. The number of rotatable bonds is 1. The Morgan fingerprint density at radius 3 is 3.08 bits per heavy atom. The summed E-state index contributed by atoms with van der Waals surface area (Å²) in [6.45, 7) is 0.676. The summed E-state index contributed by atoms with van der Waals surface area (Å²) < 4.78 is 0. The molecule has 0 saturated carbocycles. The normalized spacial score (nSPS) is 21.5. The summed E-state index contributed by atoms with van der Waals surface area (Å²) in [6.07, 6.45) is 2.20. The largest absolute Gasteiger partial charge is 0.399 e. The van der Waals surface area contributed by atoms with Gasteiger partial charge in [0.25, 0.3) is 0 Å². The minimum atomic E-state index is 0.0919. The van der Waals surface area contributed by atoms with Crippen molar-refractivity contribution in [3.05, 3.63) is 24.0 Å². The Morgan fingerprint density at radius 1 is 1.62 bits per heavy atom. The Bertz CT molecular complexity index is 337. The maximum Gasteiger partial charge on any atom is 0.220 e. The fourth-order valence-electron chi connectivity index (χ4n) is 1.50. The number of carbonyl (C=O) groups excluding carboxylic acids is 1. The molecule has 1 atom stereocenters. The Morgan fingerprint density at radius 2 is 2.46 bits per heavy atom. The van der Waals surface area contributed by atoms with Crippen LogP contribution in [0.15, 0.2) is 18.3 Å². The number of nitrogens with one attached hydrogen (secondary N) is 1. The summed E-state index contributed by atoms with van der Waals surface area (Å²) in [5, 5.41) is 2.77. The van der Waals surface area contributed by atoms with Crippen molar-refractivity contribution in [1.29, 1.82) is 0 Å². The first-order valence-corrected chi connectivity index (χ1v) is 4.24. The van der Waals surface area contributed by atoms with Crippen LogP contribution >= 0.6 is 0 Å². The summed E-state index contributed by atoms with van der Waals surface area (Å²) in [5.41, 5.74) is 7.22. The predicted octanol–water partition coefficient (Wildman–Crippen LogP) is 0.267. The Labute approximate surface area is 76.2 Å². The number of amides is 1. The number of hydrogen-bond donors (Lipinski definition) is 2. The summed E-state index contributed by atoms with van der Waals surface area (Å²) in [5.74, 6) is 0.283. The van der Waals surface area contributed by atoms with E-state index in [1.54, 1.807) is 12.3 Å². The molecule has 1 saturated heterocycles. The number of nitrogen functional groups attached to an aromatic ring is 1. The first kappa shape index (κ1) is 8.04. The van der Waals surface area contributed by atoms with E-state index in [0.717, 1.165) is 5.69 Å². The van der Waals surface area contributed by atoms with Crippen LogP contribution in [0.25, 0.3) is 0 Å². The van der Waals surface area contributed by atoms with Gasteiger partial charge in [-0.25, -0.2) is 0 Å². The first-order valence-electron chi connectivity index (χ1n) is 4.24. The molecule has 0 unspecified atom stereocenters. The van der Waals surface area contributed by atoms with Gasteiger partial charge in [-0.2, -0.15) is 0 Å². The van der Waals surface area contributed by atoms with Crippen molar-refractivity contribution in [3.63, 3.8) is 0 Å². The average Bonchev–Trinajstić information content (AvgIpc) is 2.52. The van der Waals surface area contributed by atoms with Crippen molar-refractivity contribution < 1.29 is 4.79 Å². The standard InChI is InChI=1S/C9H11N3O/c10-7-1-2-11-8(4-7)6-3-9(13)12-5-6/h1-2,4,6H,3,5H2,(H2,10,11)(H,12,13)/t6-/m0/s1. The molecule has 0 spiro atoms. The molecule has 3 N–H and O–H groups in total. The molecular formula is C9H11N3O. The van der Waals surface area contributed by atoms with Gasteiger partial charge in [-0.05, 0) is 12.1 Å². The van der Waals surface area contributed by atoms with Crippen molar-refractivity contribution in [2.24, 2.45) is 0 Å². The smallest absolute Gasteiger partial charge is 0.220 e. The highest BCUT2D eigenvalue weighted by molar-refractivity contribution is 5.79. The SMILES string of the molecule is Nc1ccnc([C@@H]2CNC(=O)C2)c1. The molecule has 0 aromatic carbocycles. The second kappa shape index (κ2) is 3.05. The lowest BCUT2D eigenvalue weighted by Crippen LogP contribution is -2.13. The molecule has 0 bridgehead atoms. The number of aromatic nitrogens is 1. The van der Waals surface area contributed by atoms with E-state index in [1.165, 1.54) is 0 Å². The number of carbonyl (C=O) groups is 1. The Hall–Kier alpha value is -1.58. The van der Waals surface area contributed by atoms with Crippen LogP contribution in [0, 0.1) is 0 Å². The van der Waals surface area contributed by atoms with Gasteiger partial charge in [-0.15, -0.1) is 0 Å². The summed E-state index contributed by atoms with van der Waals surface area (Å²) in [6, 6.07) is 3.57.